The van der Waals surface area contributed by atoms with Gasteiger partial charge in [0.1, 0.15) is 45.2 Å². The van der Waals surface area contributed by atoms with Crippen molar-refractivity contribution in [2.45, 2.75) is 53.9 Å². The lowest BCUT2D eigenvalue weighted by Crippen LogP contribution is -2.61. The maximum atomic E-state index is 9.50. The minimum absolute atomic E-state index is 0.500. The zero-order valence-electron chi connectivity index (χ0n) is 66.6. The molecule has 18 nitrogen and oxygen atoms in total. The Morgan fingerprint density at radius 2 is 0.388 bits per heavy atom. The maximum Gasteiger partial charge on any atom is 0.798 e. The molecule has 8 aliphatic rings. The van der Waals surface area contributed by atoms with Crippen molar-refractivity contribution in [1.29, 1.82) is 0 Å². The second-order valence-corrected chi connectivity index (χ2v) is 39.8. The van der Waals surface area contributed by atoms with Crippen LogP contribution < -0.4 is 32.3 Å². The monoisotopic (exact) mass is 1630 g/mol. The first kappa shape index (κ1) is 82.5. The number of halogens is 8. The predicted octanol–water partition coefficient (Wildman–Crippen LogP) is 16.3. The highest BCUT2D eigenvalue weighted by atomic mass is 28.4. The lowest BCUT2D eigenvalue weighted by Gasteiger charge is -2.37. The van der Waals surface area contributed by atoms with Crippen molar-refractivity contribution < 1.29 is 42.1 Å². The van der Waals surface area contributed by atoms with Crippen molar-refractivity contribution in [2.24, 2.45) is 59.9 Å². The fourth-order valence-electron chi connectivity index (χ4n) is 16.7. The summed E-state index contributed by atoms with van der Waals surface area (Å²) < 4.78 is 102. The molecule has 586 valence electrons. The van der Waals surface area contributed by atoms with Gasteiger partial charge in [0.15, 0.2) is 63.3 Å². The van der Waals surface area contributed by atoms with Crippen LogP contribution in [0.4, 0.5) is 58.4 Å². The third kappa shape index (κ3) is 13.2. The van der Waals surface area contributed by atoms with Gasteiger partial charge in [-0.25, -0.2) is 59.9 Å². The molecule has 0 N–H and O–H groups in total. The second-order valence-electron chi connectivity index (χ2n) is 27.5. The van der Waals surface area contributed by atoms with Crippen LogP contribution in [0.15, 0.2) is 254 Å². The molecule has 0 aliphatic carbocycles. The molecule has 116 heavy (non-hydrogen) atoms. The first-order valence-corrected chi connectivity index (χ1v) is 45.5. The number of hydrogen-bond donors (Lipinski definition) is 0. The minimum Gasteiger partial charge on any atom is -0.506 e. The van der Waals surface area contributed by atoms with E-state index in [9.17, 15) is 35.1 Å². The molecule has 4 aromatic heterocycles. The molecule has 0 fully saturated rings. The van der Waals surface area contributed by atoms with E-state index in [1.165, 1.54) is 10.4 Å². The lowest BCUT2D eigenvalue weighted by atomic mass is 10.0. The summed E-state index contributed by atoms with van der Waals surface area (Å²) >= 11 is -6.66. The van der Waals surface area contributed by atoms with E-state index in [4.69, 9.17) is 66.9 Å². The summed E-state index contributed by atoms with van der Waals surface area (Å²) in [5, 5.41) is 9.80. The van der Waals surface area contributed by atoms with E-state index >= 15 is 0 Å². The number of hydrogen-bond acceptors (Lipinski definition) is 14. The Hall–Kier alpha value is -11.4. The average Bonchev–Trinajstić information content (AvgIpc) is 1.50. The molecular formula is C86H80Al2F8N16O2Si2. The first-order chi connectivity index (χ1) is 56.7. The maximum absolute atomic E-state index is 9.50. The van der Waals surface area contributed by atoms with Gasteiger partial charge >= 0.3 is 29.8 Å². The normalized spacial score (nSPS) is 13.9. The summed E-state index contributed by atoms with van der Waals surface area (Å²) in [5.74, 6) is 7.43. The fourth-order valence-corrected chi connectivity index (χ4v) is 31.7. The van der Waals surface area contributed by atoms with E-state index in [1.807, 2.05) is 48.5 Å². The molecule has 0 amide bonds. The van der Waals surface area contributed by atoms with Crippen LogP contribution in [0, 0.1) is 27.7 Å². The number of aromatic nitrogens is 4. The van der Waals surface area contributed by atoms with Gasteiger partial charge in [-0.2, -0.15) is 0 Å². The van der Waals surface area contributed by atoms with E-state index in [0.717, 1.165) is 110 Å². The highest BCUT2D eigenvalue weighted by Gasteiger charge is 2.51. The predicted molar refractivity (Wildman–Crippen MR) is 460 cm³/mol. The van der Waals surface area contributed by atoms with Crippen LogP contribution in [0.2, 0.25) is 26.2 Å². The van der Waals surface area contributed by atoms with Crippen LogP contribution in [0.3, 0.4) is 0 Å². The van der Waals surface area contributed by atoms with E-state index < -0.39 is 46.5 Å². The van der Waals surface area contributed by atoms with E-state index in [-0.39, 0.29) is 0 Å². The number of alkyl halides is 8. The summed E-state index contributed by atoms with van der Waals surface area (Å²) in [4.78, 5) is 66.8. The number of aliphatic imine (C=N–C) groups is 8. The van der Waals surface area contributed by atoms with Crippen molar-refractivity contribution in [3.63, 3.8) is 0 Å². The van der Waals surface area contributed by atoms with Crippen LogP contribution in [0.25, 0.3) is 43.1 Å². The smallest absolute Gasteiger partial charge is 0.506 e. The molecule has 0 spiro atoms. The quantitative estimate of drug-likeness (QED) is 0.119. The van der Waals surface area contributed by atoms with Gasteiger partial charge in [0.25, 0.3) is 0 Å². The Bertz CT molecular complexity index is 5920. The summed E-state index contributed by atoms with van der Waals surface area (Å²) in [7, 11) is -2.48. The van der Waals surface area contributed by atoms with Crippen LogP contribution in [-0.2, 0) is 6.96 Å². The third-order valence-corrected chi connectivity index (χ3v) is 35.2. The van der Waals surface area contributed by atoms with Crippen molar-refractivity contribution in [3.8, 4) is 0 Å². The van der Waals surface area contributed by atoms with Crippen LogP contribution in [-0.4, -0.2) is 165 Å². The Morgan fingerprint density at radius 3 is 0.578 bits per heavy atom. The Labute approximate surface area is 675 Å². The number of benzene rings is 9. The van der Waals surface area contributed by atoms with Gasteiger partial charge in [-0.1, -0.05) is 194 Å². The summed E-state index contributed by atoms with van der Waals surface area (Å²) in [6, 6.07) is 66.8. The molecular weight excluding hydrogens is 1550 g/mol. The Kier molecular flexibility index (Phi) is 24.3. The largest absolute Gasteiger partial charge is 0.798 e. The van der Waals surface area contributed by atoms with Crippen LogP contribution in [0.5, 0.6) is 0 Å². The average molecular weight is 1630 g/mol. The summed E-state index contributed by atoms with van der Waals surface area (Å²) in [6.07, 6.45) is 0. The first-order valence-electron chi connectivity index (χ1n) is 36.7. The van der Waals surface area contributed by atoms with Gasteiger partial charge in [-0.05, 0) is 86.5 Å². The molecule has 0 unspecified atom stereocenters. The number of amidine groups is 8. The Morgan fingerprint density at radius 1 is 0.224 bits per heavy atom. The standard InChI is InChI=1S/2C32H16N8.C14H24O2Si2.8CH3F.2Al/c2*1-2-10-18-17(9-1)25-33-26(18)38-28-21-13-5-6-14-22(21)30(35-28)40-32-24-16-8-7-15-23(24)31(36-32)39-29-20-12-4-3-11-19(20)27(34-29)37-25;1-9-10(2)14(18(7,8)16)12(4)11(3)13(9)17(5,6)15;8*1-2;;/h2*1-16H;1-8H3;8*1H3;;/q3*-2;;;;;;;;;2*+3. The Balaban J connectivity index is 0.000000692. The summed E-state index contributed by atoms with van der Waals surface area (Å²) in [5.41, 5.74) is 14.7. The number of rotatable bonds is 6. The molecule has 0 saturated carbocycles. The number of nitrogens with zero attached hydrogens (tertiary/aromatic N) is 16. The van der Waals surface area contributed by atoms with Gasteiger partial charge < -0.3 is 21.2 Å². The lowest BCUT2D eigenvalue weighted by molar-refractivity contribution is 0.537. The fraction of sp³-hybridized carbons (Fsp3) is 0.186. The van der Waals surface area contributed by atoms with Crippen molar-refractivity contribution in [3.05, 3.63) is 283 Å². The molecule has 13 aromatic rings. The molecule has 0 atom stereocenters. The molecule has 8 aliphatic heterocycles. The zero-order valence-corrected chi connectivity index (χ0v) is 70.9. The van der Waals surface area contributed by atoms with Gasteiger partial charge in [0.05, 0.1) is 57.4 Å². The topological polar surface area (TPSA) is 187 Å². The molecule has 0 radical (unpaired) electrons. The summed E-state index contributed by atoms with van der Waals surface area (Å²) in [6.45, 7) is 18.6. The molecule has 12 heterocycles. The van der Waals surface area contributed by atoms with Gasteiger partial charge in [0.2, 0.25) is 0 Å². The van der Waals surface area contributed by atoms with Gasteiger partial charge in [-0.15, -0.1) is 0 Å². The van der Waals surface area contributed by atoms with Crippen LogP contribution in [0.1, 0.15) is 66.8 Å². The third-order valence-electron chi connectivity index (χ3n) is 21.2. The van der Waals surface area contributed by atoms with E-state index in [2.05, 4.69) is 214 Å². The number of fused-ring (bicyclic) bond motifs is 28. The van der Waals surface area contributed by atoms with E-state index in [1.54, 1.807) is 0 Å². The molecule has 0 saturated heterocycles. The van der Waals surface area contributed by atoms with Crippen molar-refractivity contribution in [1.82, 2.24) is 14.2 Å². The van der Waals surface area contributed by atoms with Gasteiger partial charge in [-0.3, -0.25) is 35.1 Å². The highest BCUT2D eigenvalue weighted by molar-refractivity contribution is 6.91. The zero-order chi connectivity index (χ0) is 82.9. The molecule has 30 heteroatoms. The van der Waals surface area contributed by atoms with Crippen LogP contribution >= 0.6 is 0 Å². The van der Waals surface area contributed by atoms with E-state index in [0.29, 0.717) is 149 Å². The van der Waals surface area contributed by atoms with Crippen molar-refractivity contribution in [2.75, 3.05) is 57.4 Å². The van der Waals surface area contributed by atoms with Gasteiger partial charge in [0, 0.05) is 87.6 Å². The molecule has 21 rings (SSSR count). The molecule has 12 bridgehead atoms. The van der Waals surface area contributed by atoms with Crippen molar-refractivity contribution >= 4 is 170 Å². The highest BCUT2D eigenvalue weighted by Crippen LogP contribution is 2.45. The minimum atomic E-state index is -3.33. The second kappa shape index (κ2) is 34.2. The molecule has 9 aromatic carbocycles. The SMILES string of the molecule is CF.CF.CF.CF.CF.CF.CF.CF.Cc1c(C)c([Si](C)(C)[O][Al]2[n]3c4c5ccccc5c3N=C3N=C(N=c5c6ccccc6c([n]52)=NC2=NC(=N4)c4ccccc42)c2ccccc23)c(C)c(C)c1[Si](C)(C)[O][Al]1[n]2c3c4ccccc4c2N=C2N=C(N=c4c5ccccc5c([n]41)=NC1=NC(=N3)c3ccccc31)c1ccccc12.